The van der Waals surface area contributed by atoms with Gasteiger partial charge in [0, 0.05) is 25.7 Å². The van der Waals surface area contributed by atoms with E-state index in [1.54, 1.807) is 0 Å². The summed E-state index contributed by atoms with van der Waals surface area (Å²) in [4.78, 5) is 50.5. The average molecular weight is 481 g/mol. The monoisotopic (exact) mass is 481 g/mol. The molecular formula is C20H23N3O11. The van der Waals surface area contributed by atoms with Gasteiger partial charge in [0.2, 0.25) is 12.4 Å². The number of carbonyl (C=O) groups is 4. The SMILES string of the molecule is COC(=O)C1O[C@@H](Oc2ccc(CO)cc2N=[N+]=[N-])C(OC(C)=O)C(OC(C)=O)[C@H]1OC(C)=O. The second-order valence-corrected chi connectivity index (χ2v) is 6.94. The number of ether oxygens (including phenoxy) is 6. The molecule has 0 spiro atoms. The van der Waals surface area contributed by atoms with Crippen molar-refractivity contribution in [2.45, 2.75) is 58.1 Å². The fourth-order valence-corrected chi connectivity index (χ4v) is 3.19. The third-order valence-electron chi connectivity index (χ3n) is 4.44. The van der Waals surface area contributed by atoms with Crippen LogP contribution in [0.15, 0.2) is 23.3 Å². The number of rotatable bonds is 8. The van der Waals surface area contributed by atoms with Crippen LogP contribution in [0.5, 0.6) is 5.75 Å². The molecule has 2 rings (SSSR count). The molecular weight excluding hydrogens is 458 g/mol. The van der Waals surface area contributed by atoms with Crippen molar-refractivity contribution in [3.8, 4) is 5.75 Å². The summed E-state index contributed by atoms with van der Waals surface area (Å²) in [5, 5.41) is 12.8. The van der Waals surface area contributed by atoms with Crippen molar-refractivity contribution in [2.24, 2.45) is 5.11 Å². The number of benzene rings is 1. The highest BCUT2D eigenvalue weighted by Crippen LogP contribution is 2.35. The van der Waals surface area contributed by atoms with Gasteiger partial charge in [0.05, 0.1) is 19.4 Å². The Morgan fingerprint density at radius 3 is 2.15 bits per heavy atom. The highest BCUT2D eigenvalue weighted by atomic mass is 16.7. The summed E-state index contributed by atoms with van der Waals surface area (Å²) in [6, 6.07) is 4.13. The Hall–Kier alpha value is -3.87. The Kier molecular flexibility index (Phi) is 9.18. The molecule has 0 saturated carbocycles. The van der Waals surface area contributed by atoms with Crippen molar-refractivity contribution in [2.75, 3.05) is 7.11 Å². The third kappa shape index (κ3) is 6.57. The highest BCUT2D eigenvalue weighted by Gasteiger charge is 2.55. The van der Waals surface area contributed by atoms with E-state index in [9.17, 15) is 24.3 Å². The molecule has 1 saturated heterocycles. The van der Waals surface area contributed by atoms with Crippen molar-refractivity contribution in [1.82, 2.24) is 0 Å². The summed E-state index contributed by atoms with van der Waals surface area (Å²) in [5.74, 6) is -3.59. The molecule has 0 aliphatic carbocycles. The number of carbonyl (C=O) groups excluding carboxylic acids is 4. The van der Waals surface area contributed by atoms with Crippen LogP contribution in [-0.2, 0) is 49.5 Å². The summed E-state index contributed by atoms with van der Waals surface area (Å²) in [5.41, 5.74) is 9.21. The minimum absolute atomic E-state index is 0.0556. The number of azide groups is 1. The molecule has 5 atom stereocenters. The van der Waals surface area contributed by atoms with Gasteiger partial charge in [-0.2, -0.15) is 0 Å². The van der Waals surface area contributed by atoms with Gasteiger partial charge in [-0.25, -0.2) is 4.79 Å². The van der Waals surface area contributed by atoms with Gasteiger partial charge >= 0.3 is 23.9 Å². The number of aliphatic hydroxyl groups excluding tert-OH is 1. The second kappa shape index (κ2) is 11.8. The Morgan fingerprint density at radius 2 is 1.62 bits per heavy atom. The molecule has 1 fully saturated rings. The topological polar surface area (TPSA) is 193 Å². The van der Waals surface area contributed by atoms with E-state index < -0.39 is 54.6 Å². The van der Waals surface area contributed by atoms with E-state index >= 15 is 0 Å². The number of methoxy groups -OCH3 is 1. The molecule has 0 radical (unpaired) electrons. The van der Waals surface area contributed by atoms with Gasteiger partial charge in [0.25, 0.3) is 0 Å². The first-order chi connectivity index (χ1) is 16.1. The average Bonchev–Trinajstić information content (AvgIpc) is 2.77. The smallest absolute Gasteiger partial charge is 0.339 e. The fraction of sp³-hybridized carbons (Fsp3) is 0.500. The van der Waals surface area contributed by atoms with Gasteiger partial charge in [0.15, 0.2) is 18.3 Å². The largest absolute Gasteiger partial charge is 0.467 e. The van der Waals surface area contributed by atoms with Gasteiger partial charge < -0.3 is 33.5 Å². The Bertz CT molecular complexity index is 992. The molecule has 14 heteroatoms. The quantitative estimate of drug-likeness (QED) is 0.184. The van der Waals surface area contributed by atoms with Gasteiger partial charge in [0.1, 0.15) is 5.75 Å². The van der Waals surface area contributed by atoms with Gasteiger partial charge in [-0.3, -0.25) is 14.4 Å². The van der Waals surface area contributed by atoms with Crippen LogP contribution in [0.4, 0.5) is 5.69 Å². The van der Waals surface area contributed by atoms with Crippen molar-refractivity contribution in [3.05, 3.63) is 34.2 Å². The molecule has 3 unspecified atom stereocenters. The van der Waals surface area contributed by atoms with Crippen LogP contribution in [-0.4, -0.2) is 66.8 Å². The van der Waals surface area contributed by atoms with Crippen molar-refractivity contribution in [3.63, 3.8) is 0 Å². The number of hydrogen-bond acceptors (Lipinski definition) is 12. The lowest BCUT2D eigenvalue weighted by Gasteiger charge is -2.43. The summed E-state index contributed by atoms with van der Waals surface area (Å²) in [7, 11) is 1.05. The Labute approximate surface area is 193 Å². The predicted molar refractivity (Wildman–Crippen MR) is 109 cm³/mol. The Balaban J connectivity index is 2.58. The maximum atomic E-state index is 12.4. The van der Waals surface area contributed by atoms with Crippen LogP contribution in [0.1, 0.15) is 26.3 Å². The van der Waals surface area contributed by atoms with Crippen molar-refractivity contribution < 1.29 is 52.7 Å². The standard InChI is InChI=1S/C20H23N3O11/c1-9(25)30-15-16(31-10(2)26)18(32-11(3)27)20(34-17(15)19(28)29-4)33-14-6-5-12(8-24)7-13(14)22-23-21/h5-7,15-18,20,24H,8H2,1-4H3/t15-,16?,17?,18?,20-/m1/s1. The zero-order chi connectivity index (χ0) is 25.4. The minimum atomic E-state index is -1.64. The van der Waals surface area contributed by atoms with Crippen LogP contribution in [0, 0.1) is 0 Å². The van der Waals surface area contributed by atoms with E-state index in [1.165, 1.54) is 18.2 Å². The predicted octanol–water partition coefficient (Wildman–Crippen LogP) is 1.19. The summed E-state index contributed by atoms with van der Waals surface area (Å²) in [6.07, 6.45) is -7.87. The number of esters is 4. The molecule has 1 aromatic carbocycles. The molecule has 1 aromatic rings. The van der Waals surface area contributed by atoms with Crippen LogP contribution >= 0.6 is 0 Å². The first-order valence-electron chi connectivity index (χ1n) is 9.81. The second-order valence-electron chi connectivity index (χ2n) is 6.94. The summed E-state index contributed by atoms with van der Waals surface area (Å²) >= 11 is 0. The molecule has 14 nitrogen and oxygen atoms in total. The lowest BCUT2D eigenvalue weighted by atomic mass is 9.97. The van der Waals surface area contributed by atoms with Crippen LogP contribution in [0.2, 0.25) is 0 Å². The zero-order valence-electron chi connectivity index (χ0n) is 18.7. The lowest BCUT2D eigenvalue weighted by molar-refractivity contribution is -0.282. The number of nitrogens with zero attached hydrogens (tertiary/aromatic N) is 3. The molecule has 184 valence electrons. The Morgan fingerprint density at radius 1 is 1.03 bits per heavy atom. The third-order valence-corrected chi connectivity index (χ3v) is 4.44. The van der Waals surface area contributed by atoms with Gasteiger partial charge in [-0.05, 0) is 23.2 Å². The van der Waals surface area contributed by atoms with E-state index in [0.717, 1.165) is 27.9 Å². The van der Waals surface area contributed by atoms with Crippen molar-refractivity contribution in [1.29, 1.82) is 0 Å². The molecule has 1 heterocycles. The van der Waals surface area contributed by atoms with E-state index in [-0.39, 0.29) is 18.0 Å². The minimum Gasteiger partial charge on any atom is -0.467 e. The molecule has 0 amide bonds. The molecule has 1 aliphatic heterocycles. The molecule has 1 N–H and O–H groups in total. The van der Waals surface area contributed by atoms with Gasteiger partial charge in [-0.1, -0.05) is 11.2 Å². The van der Waals surface area contributed by atoms with Crippen molar-refractivity contribution >= 4 is 29.6 Å². The van der Waals surface area contributed by atoms with E-state index in [2.05, 4.69) is 10.0 Å². The number of hydrogen-bond donors (Lipinski definition) is 1. The summed E-state index contributed by atoms with van der Waals surface area (Å²) < 4.78 is 31.8. The fourth-order valence-electron chi connectivity index (χ4n) is 3.19. The van der Waals surface area contributed by atoms with E-state index in [4.69, 9.17) is 34.0 Å². The van der Waals surface area contributed by atoms with Crippen LogP contribution in [0.3, 0.4) is 0 Å². The van der Waals surface area contributed by atoms with Crippen LogP contribution < -0.4 is 4.74 Å². The first-order valence-corrected chi connectivity index (χ1v) is 9.81. The molecule has 0 bridgehead atoms. The molecule has 0 aromatic heterocycles. The maximum Gasteiger partial charge on any atom is 0.339 e. The highest BCUT2D eigenvalue weighted by molar-refractivity contribution is 5.77. The number of aliphatic hydroxyl groups is 1. The normalized spacial score (nSPS) is 23.6. The summed E-state index contributed by atoms with van der Waals surface area (Å²) in [6.45, 7) is 2.82. The maximum absolute atomic E-state index is 12.4. The van der Waals surface area contributed by atoms with Crippen LogP contribution in [0.25, 0.3) is 10.4 Å². The first kappa shape index (κ1) is 26.4. The lowest BCUT2D eigenvalue weighted by Crippen LogP contribution is -2.64. The molecule has 34 heavy (non-hydrogen) atoms. The van der Waals surface area contributed by atoms with E-state index in [0.29, 0.717) is 5.56 Å². The zero-order valence-corrected chi connectivity index (χ0v) is 18.7. The van der Waals surface area contributed by atoms with Gasteiger partial charge in [-0.15, -0.1) is 0 Å². The molecule has 1 aliphatic rings. The van der Waals surface area contributed by atoms with E-state index in [1.807, 2.05) is 0 Å².